The van der Waals surface area contributed by atoms with E-state index in [0.29, 0.717) is 5.92 Å². The van der Waals surface area contributed by atoms with Gasteiger partial charge in [-0.05, 0) is 97.8 Å². The number of rotatable bonds is 11. The van der Waals surface area contributed by atoms with E-state index in [4.69, 9.17) is 0 Å². The minimum absolute atomic E-state index is 0.686. The van der Waals surface area contributed by atoms with Crippen LogP contribution in [0.3, 0.4) is 0 Å². The fraction of sp³-hybridized carbons (Fsp3) is 0.529. The Balaban J connectivity index is 1.27. The highest BCUT2D eigenvalue weighted by Crippen LogP contribution is 2.39. The Hall–Kier alpha value is -2.08. The minimum atomic E-state index is 0.686. The summed E-state index contributed by atoms with van der Waals surface area (Å²) in [5.74, 6) is 2.45. The van der Waals surface area contributed by atoms with E-state index in [1.165, 1.54) is 100 Å². The number of hydrogen-bond acceptors (Lipinski definition) is 0. The second-order valence-corrected chi connectivity index (χ2v) is 11.0. The van der Waals surface area contributed by atoms with Gasteiger partial charge in [0.25, 0.3) is 0 Å². The lowest BCUT2D eigenvalue weighted by atomic mass is 9.77. The highest BCUT2D eigenvalue weighted by Gasteiger charge is 2.22. The van der Waals surface area contributed by atoms with Gasteiger partial charge in [0.1, 0.15) is 0 Å². The summed E-state index contributed by atoms with van der Waals surface area (Å²) >= 11 is 0. The summed E-state index contributed by atoms with van der Waals surface area (Å²) in [4.78, 5) is 0. The van der Waals surface area contributed by atoms with Crippen LogP contribution in [0.25, 0.3) is 11.1 Å². The molecule has 0 aliphatic heterocycles. The van der Waals surface area contributed by atoms with Crippen molar-refractivity contribution in [3.05, 3.63) is 84.0 Å². The molecule has 0 N–H and O–H groups in total. The normalized spacial score (nSPS) is 22.9. The van der Waals surface area contributed by atoms with Crippen LogP contribution in [0, 0.1) is 5.92 Å². The molecule has 2 aliphatic carbocycles. The summed E-state index contributed by atoms with van der Waals surface area (Å²) in [6, 6.07) is 19.0. The average molecular weight is 455 g/mol. The molecule has 0 spiro atoms. The van der Waals surface area contributed by atoms with Crippen LogP contribution >= 0.6 is 0 Å². The third-order valence-corrected chi connectivity index (χ3v) is 8.58. The first-order chi connectivity index (χ1) is 16.8. The second-order valence-electron chi connectivity index (χ2n) is 11.0. The first-order valence-corrected chi connectivity index (χ1v) is 14.3. The Morgan fingerprint density at radius 2 is 1.41 bits per heavy atom. The third kappa shape index (κ3) is 6.97. The maximum atomic E-state index is 3.86. The Morgan fingerprint density at radius 1 is 0.765 bits per heavy atom. The number of benzene rings is 2. The van der Waals surface area contributed by atoms with Gasteiger partial charge in [0.05, 0.1) is 0 Å². The molecule has 1 unspecified atom stereocenters. The van der Waals surface area contributed by atoms with Crippen molar-refractivity contribution in [2.45, 2.75) is 109 Å². The van der Waals surface area contributed by atoms with Crippen molar-refractivity contribution in [2.75, 3.05) is 0 Å². The predicted octanol–water partition coefficient (Wildman–Crippen LogP) is 10.8. The summed E-state index contributed by atoms with van der Waals surface area (Å²) in [6.07, 6.45) is 23.4. The van der Waals surface area contributed by atoms with Gasteiger partial charge in [0.15, 0.2) is 0 Å². The van der Waals surface area contributed by atoms with Crippen LogP contribution < -0.4 is 0 Å². The molecule has 2 aliphatic rings. The second kappa shape index (κ2) is 13.1. The van der Waals surface area contributed by atoms with Crippen LogP contribution in [0.15, 0.2) is 72.8 Å². The molecule has 4 rings (SSSR count). The van der Waals surface area contributed by atoms with E-state index in [0.717, 1.165) is 18.3 Å². The summed E-state index contributed by atoms with van der Waals surface area (Å²) in [5.41, 5.74) is 7.41. The van der Waals surface area contributed by atoms with E-state index in [1.54, 1.807) is 11.1 Å². The molecule has 2 aromatic carbocycles. The molecular formula is C34H46. The highest BCUT2D eigenvalue weighted by molar-refractivity contribution is 5.64. The lowest BCUT2D eigenvalue weighted by molar-refractivity contribution is 0.302. The Morgan fingerprint density at radius 3 is 1.97 bits per heavy atom. The fourth-order valence-corrected chi connectivity index (χ4v) is 6.25. The lowest BCUT2D eigenvalue weighted by Crippen LogP contribution is -2.13. The van der Waals surface area contributed by atoms with E-state index < -0.39 is 0 Å². The molecule has 0 aromatic heterocycles. The van der Waals surface area contributed by atoms with Crippen molar-refractivity contribution >= 4 is 0 Å². The van der Waals surface area contributed by atoms with Crippen LogP contribution in [0.4, 0.5) is 0 Å². The Labute approximate surface area is 209 Å². The average Bonchev–Trinajstić information content (AvgIpc) is 2.91. The summed E-state index contributed by atoms with van der Waals surface area (Å²) < 4.78 is 0. The largest absolute Gasteiger partial charge is 0.103 e. The lowest BCUT2D eigenvalue weighted by Gasteiger charge is -2.29. The van der Waals surface area contributed by atoms with Gasteiger partial charge < -0.3 is 0 Å². The van der Waals surface area contributed by atoms with Gasteiger partial charge >= 0.3 is 0 Å². The molecule has 0 amide bonds. The first kappa shape index (κ1) is 25.0. The molecule has 1 saturated carbocycles. The standard InChI is InChI=1S/C34H46/c1-3-5-7-8-10-28-13-17-30(18-14-28)32-21-25-34(26-22-32)33-23-19-31(20-24-33)29-15-11-27(12-16-29)9-6-4-2/h4,11,19-26,28-30H,2-3,5-10,12-18H2,1H3. The maximum Gasteiger partial charge on any atom is -0.0124 e. The monoisotopic (exact) mass is 454 g/mol. The van der Waals surface area contributed by atoms with Crippen molar-refractivity contribution in [3.8, 4) is 11.1 Å². The number of allylic oxidation sites excluding steroid dienone is 3. The maximum absolute atomic E-state index is 3.86. The Kier molecular flexibility index (Phi) is 9.66. The van der Waals surface area contributed by atoms with Gasteiger partial charge in [-0.25, -0.2) is 0 Å². The molecular weight excluding hydrogens is 408 g/mol. The van der Waals surface area contributed by atoms with Crippen molar-refractivity contribution in [1.82, 2.24) is 0 Å². The third-order valence-electron chi connectivity index (χ3n) is 8.58. The molecule has 0 radical (unpaired) electrons. The minimum Gasteiger partial charge on any atom is -0.103 e. The predicted molar refractivity (Wildman–Crippen MR) is 149 cm³/mol. The van der Waals surface area contributed by atoms with E-state index in [2.05, 4.69) is 68.1 Å². The molecule has 182 valence electrons. The summed E-state index contributed by atoms with van der Waals surface area (Å²) in [5, 5.41) is 0. The van der Waals surface area contributed by atoms with Crippen LogP contribution in [-0.2, 0) is 0 Å². The quantitative estimate of drug-likeness (QED) is 0.234. The number of unbranched alkanes of at least 4 members (excludes halogenated alkanes) is 3. The molecule has 1 atom stereocenters. The van der Waals surface area contributed by atoms with Crippen molar-refractivity contribution in [1.29, 1.82) is 0 Å². The van der Waals surface area contributed by atoms with Gasteiger partial charge in [0, 0.05) is 0 Å². The smallest absolute Gasteiger partial charge is 0.0124 e. The molecule has 2 aromatic rings. The van der Waals surface area contributed by atoms with Crippen LogP contribution in [0.2, 0.25) is 0 Å². The molecule has 0 bridgehead atoms. The zero-order valence-corrected chi connectivity index (χ0v) is 21.6. The zero-order valence-electron chi connectivity index (χ0n) is 21.6. The SMILES string of the molecule is C=CCCC1=CCC(c2ccc(-c3ccc(C4CCC(CCCCCC)CC4)cc3)cc2)CC1. The first-order valence-electron chi connectivity index (χ1n) is 14.3. The highest BCUT2D eigenvalue weighted by atomic mass is 14.3. The summed E-state index contributed by atoms with van der Waals surface area (Å²) in [7, 11) is 0. The van der Waals surface area contributed by atoms with Gasteiger partial charge in [-0.1, -0.05) is 105 Å². The molecule has 0 heterocycles. The van der Waals surface area contributed by atoms with Crippen LogP contribution in [0.5, 0.6) is 0 Å². The molecule has 0 saturated heterocycles. The zero-order chi connectivity index (χ0) is 23.6. The van der Waals surface area contributed by atoms with Crippen LogP contribution in [0.1, 0.15) is 120 Å². The van der Waals surface area contributed by atoms with Crippen molar-refractivity contribution in [2.24, 2.45) is 5.92 Å². The summed E-state index contributed by atoms with van der Waals surface area (Å²) in [6.45, 7) is 6.17. The van der Waals surface area contributed by atoms with Crippen LogP contribution in [-0.4, -0.2) is 0 Å². The van der Waals surface area contributed by atoms with Gasteiger partial charge in [-0.2, -0.15) is 0 Å². The Bertz CT molecular complexity index is 890. The van der Waals surface area contributed by atoms with Gasteiger partial charge in [-0.15, -0.1) is 6.58 Å². The van der Waals surface area contributed by atoms with E-state index in [-0.39, 0.29) is 0 Å². The molecule has 0 nitrogen and oxygen atoms in total. The van der Waals surface area contributed by atoms with Crippen molar-refractivity contribution in [3.63, 3.8) is 0 Å². The van der Waals surface area contributed by atoms with Gasteiger partial charge in [-0.3, -0.25) is 0 Å². The fourth-order valence-electron chi connectivity index (χ4n) is 6.25. The van der Waals surface area contributed by atoms with Crippen molar-refractivity contribution < 1.29 is 0 Å². The van der Waals surface area contributed by atoms with E-state index >= 15 is 0 Å². The van der Waals surface area contributed by atoms with E-state index in [9.17, 15) is 0 Å². The number of hydrogen-bond donors (Lipinski definition) is 0. The molecule has 1 fully saturated rings. The molecule has 0 heteroatoms. The van der Waals surface area contributed by atoms with Gasteiger partial charge in [0.2, 0.25) is 0 Å². The van der Waals surface area contributed by atoms with E-state index in [1.807, 2.05) is 6.08 Å². The topological polar surface area (TPSA) is 0 Å². The molecule has 34 heavy (non-hydrogen) atoms.